The lowest BCUT2D eigenvalue weighted by molar-refractivity contribution is -0.0881. The largest absolute Gasteiger partial charge is 0.416 e. The molecule has 0 aliphatic carbocycles. The number of hydrogen-bond acceptors (Lipinski definition) is 2. The number of allylic oxidation sites excluding steroid dienone is 5. The van der Waals surface area contributed by atoms with Crippen molar-refractivity contribution < 1.29 is 13.2 Å². The van der Waals surface area contributed by atoms with Crippen LogP contribution in [0.25, 0.3) is 0 Å². The van der Waals surface area contributed by atoms with Gasteiger partial charge in [0.2, 0.25) is 0 Å². The first-order chi connectivity index (χ1) is 7.95. The summed E-state index contributed by atoms with van der Waals surface area (Å²) in [4.78, 5) is 2.06. The maximum absolute atomic E-state index is 12.4. The second-order valence-corrected chi connectivity index (χ2v) is 3.87. The van der Waals surface area contributed by atoms with Crippen molar-refractivity contribution in [3.8, 4) is 0 Å². The zero-order valence-corrected chi connectivity index (χ0v) is 9.85. The molecule has 0 atom stereocenters. The Morgan fingerprint density at radius 2 is 1.82 bits per heavy atom. The summed E-state index contributed by atoms with van der Waals surface area (Å²) < 4.78 is 37.3. The van der Waals surface area contributed by atoms with Gasteiger partial charge in [0.1, 0.15) is 0 Å². The van der Waals surface area contributed by atoms with Crippen molar-refractivity contribution >= 4 is 0 Å². The molecule has 0 radical (unpaired) electrons. The van der Waals surface area contributed by atoms with Crippen LogP contribution in [-0.4, -0.2) is 37.3 Å². The molecule has 1 heterocycles. The molecule has 2 nitrogen and oxygen atoms in total. The normalized spacial score (nSPS) is 19.4. The molecule has 0 aromatic heterocycles. The Hall–Kier alpha value is -1.23. The third kappa shape index (κ3) is 4.26. The van der Waals surface area contributed by atoms with E-state index in [1.54, 1.807) is 0 Å². The second kappa shape index (κ2) is 5.91. The molecule has 0 amide bonds. The van der Waals surface area contributed by atoms with Gasteiger partial charge < -0.3 is 10.2 Å². The van der Waals surface area contributed by atoms with Crippen molar-refractivity contribution in [3.63, 3.8) is 0 Å². The van der Waals surface area contributed by atoms with Crippen LogP contribution >= 0.6 is 0 Å². The molecule has 5 heteroatoms. The highest BCUT2D eigenvalue weighted by molar-refractivity contribution is 5.27. The molecule has 0 saturated carbocycles. The fourth-order valence-corrected chi connectivity index (χ4v) is 1.61. The molecule has 1 rings (SSSR count). The molecule has 1 aliphatic rings. The van der Waals surface area contributed by atoms with Gasteiger partial charge in [-0.15, -0.1) is 0 Å². The molecule has 0 aromatic rings. The quantitative estimate of drug-likeness (QED) is 0.770. The highest BCUT2D eigenvalue weighted by Crippen LogP contribution is 2.26. The van der Waals surface area contributed by atoms with Crippen molar-refractivity contribution in [3.05, 3.63) is 36.1 Å². The summed E-state index contributed by atoms with van der Waals surface area (Å²) in [6.07, 6.45) is -0.927. The number of halogens is 3. The molecule has 0 aromatic carbocycles. The van der Waals surface area contributed by atoms with E-state index in [-0.39, 0.29) is 0 Å². The van der Waals surface area contributed by atoms with Crippen molar-refractivity contribution in [1.82, 2.24) is 10.2 Å². The molecule has 1 fully saturated rings. The molecule has 0 unspecified atom stereocenters. The third-order valence-corrected chi connectivity index (χ3v) is 2.67. The predicted molar refractivity (Wildman–Crippen MR) is 62.5 cm³/mol. The van der Waals surface area contributed by atoms with Crippen LogP contribution in [0, 0.1) is 0 Å². The summed E-state index contributed by atoms with van der Waals surface area (Å²) in [5, 5.41) is 3.19. The lowest BCUT2D eigenvalue weighted by atomic mass is 10.2. The van der Waals surface area contributed by atoms with E-state index in [1.165, 1.54) is 6.08 Å². The smallest absolute Gasteiger partial charge is 0.372 e. The van der Waals surface area contributed by atoms with Crippen molar-refractivity contribution in [1.29, 1.82) is 0 Å². The van der Waals surface area contributed by atoms with E-state index in [9.17, 15) is 13.2 Å². The Labute approximate surface area is 99.5 Å². The Balaban J connectivity index is 2.73. The maximum atomic E-state index is 12.4. The maximum Gasteiger partial charge on any atom is 0.416 e. The summed E-state index contributed by atoms with van der Waals surface area (Å²) in [7, 11) is 0. The van der Waals surface area contributed by atoms with Gasteiger partial charge in [-0.1, -0.05) is 12.7 Å². The molecular weight excluding hydrogens is 229 g/mol. The van der Waals surface area contributed by atoms with E-state index in [2.05, 4.69) is 16.8 Å². The van der Waals surface area contributed by atoms with Crippen LogP contribution in [-0.2, 0) is 0 Å². The number of hydrogen-bond donors (Lipinski definition) is 1. The minimum Gasteiger partial charge on any atom is -0.372 e. The zero-order valence-electron chi connectivity index (χ0n) is 9.85. The lowest BCUT2D eigenvalue weighted by Gasteiger charge is -2.29. The third-order valence-electron chi connectivity index (χ3n) is 2.67. The highest BCUT2D eigenvalue weighted by atomic mass is 19.4. The summed E-state index contributed by atoms with van der Waals surface area (Å²) >= 11 is 0. The van der Waals surface area contributed by atoms with Crippen LogP contribution in [0.5, 0.6) is 0 Å². The first-order valence-corrected chi connectivity index (χ1v) is 5.49. The van der Waals surface area contributed by atoms with E-state index < -0.39 is 11.7 Å². The first-order valence-electron chi connectivity index (χ1n) is 5.49. The summed E-state index contributed by atoms with van der Waals surface area (Å²) in [6.45, 7) is 8.37. The monoisotopic (exact) mass is 246 g/mol. The van der Waals surface area contributed by atoms with E-state index in [0.717, 1.165) is 44.0 Å². The van der Waals surface area contributed by atoms with Crippen LogP contribution in [0.15, 0.2) is 36.1 Å². The van der Waals surface area contributed by atoms with Gasteiger partial charge in [-0.25, -0.2) is 0 Å². The Bertz CT molecular complexity index is 323. The summed E-state index contributed by atoms with van der Waals surface area (Å²) in [5.41, 5.74) is 0.127. The van der Waals surface area contributed by atoms with Gasteiger partial charge in [-0.05, 0) is 19.1 Å². The molecule has 1 saturated heterocycles. The van der Waals surface area contributed by atoms with Gasteiger partial charge in [-0.3, -0.25) is 0 Å². The fourth-order valence-electron chi connectivity index (χ4n) is 1.61. The number of alkyl halides is 3. The van der Waals surface area contributed by atoms with Crippen LogP contribution in [0.3, 0.4) is 0 Å². The second-order valence-electron chi connectivity index (χ2n) is 3.87. The van der Waals surface area contributed by atoms with E-state index in [4.69, 9.17) is 0 Å². The van der Waals surface area contributed by atoms with Crippen molar-refractivity contribution in [2.75, 3.05) is 26.2 Å². The van der Waals surface area contributed by atoms with Crippen LogP contribution in [0.1, 0.15) is 6.92 Å². The molecule has 0 bridgehead atoms. The summed E-state index contributed by atoms with van der Waals surface area (Å²) in [5.74, 6) is 0. The van der Waals surface area contributed by atoms with Gasteiger partial charge >= 0.3 is 6.18 Å². The average Bonchev–Trinajstić information content (AvgIpc) is 2.29. The van der Waals surface area contributed by atoms with Gasteiger partial charge in [0, 0.05) is 31.9 Å². The molecule has 1 N–H and O–H groups in total. The average molecular weight is 246 g/mol. The van der Waals surface area contributed by atoms with Crippen molar-refractivity contribution in [2.45, 2.75) is 13.1 Å². The first kappa shape index (κ1) is 13.8. The SMILES string of the molecule is C=C/C(=C\C=C(/C)N1CCNCC1)C(F)(F)F. The predicted octanol–water partition coefficient (Wildman–Crippen LogP) is 2.47. The Morgan fingerprint density at radius 1 is 1.24 bits per heavy atom. The van der Waals surface area contributed by atoms with Crippen LogP contribution < -0.4 is 5.32 Å². The number of nitrogens with zero attached hydrogens (tertiary/aromatic N) is 1. The van der Waals surface area contributed by atoms with Crippen molar-refractivity contribution in [2.24, 2.45) is 0 Å². The zero-order chi connectivity index (χ0) is 12.9. The lowest BCUT2D eigenvalue weighted by Crippen LogP contribution is -2.42. The molecule has 1 aliphatic heterocycles. The number of piperazine rings is 1. The molecule has 17 heavy (non-hydrogen) atoms. The Kier molecular flexibility index (Phi) is 4.81. The molecule has 96 valence electrons. The topological polar surface area (TPSA) is 15.3 Å². The van der Waals surface area contributed by atoms with Gasteiger partial charge in [0.25, 0.3) is 0 Å². The molecule has 0 spiro atoms. The Morgan fingerprint density at radius 3 is 2.29 bits per heavy atom. The minimum absolute atomic E-state index is 0.716. The highest BCUT2D eigenvalue weighted by Gasteiger charge is 2.30. The summed E-state index contributed by atoms with van der Waals surface area (Å²) in [6, 6.07) is 0. The number of nitrogens with one attached hydrogen (secondary N) is 1. The van der Waals surface area contributed by atoms with E-state index >= 15 is 0 Å². The van der Waals surface area contributed by atoms with Crippen LogP contribution in [0.4, 0.5) is 13.2 Å². The van der Waals surface area contributed by atoms with E-state index in [1.807, 2.05) is 6.92 Å². The molecular formula is C12H17F3N2. The standard InChI is InChI=1S/C12H17F3N2/c1-3-11(12(13,14)15)5-4-10(2)17-8-6-16-7-9-17/h3-5,16H,1,6-9H2,2H3/b10-4+,11-5+. The minimum atomic E-state index is -4.33. The van der Waals surface area contributed by atoms with Gasteiger partial charge in [0.05, 0.1) is 5.57 Å². The van der Waals surface area contributed by atoms with Gasteiger partial charge in [-0.2, -0.15) is 13.2 Å². The van der Waals surface area contributed by atoms with Gasteiger partial charge in [0.15, 0.2) is 0 Å². The van der Waals surface area contributed by atoms with Crippen LogP contribution in [0.2, 0.25) is 0 Å². The van der Waals surface area contributed by atoms with E-state index in [0.29, 0.717) is 0 Å². The fraction of sp³-hybridized carbons (Fsp3) is 0.500. The number of rotatable bonds is 3.